The van der Waals surface area contributed by atoms with Crippen LogP contribution in [-0.2, 0) is 4.79 Å². The summed E-state index contributed by atoms with van der Waals surface area (Å²) in [7, 11) is 0. The summed E-state index contributed by atoms with van der Waals surface area (Å²) in [6.07, 6.45) is 1.69. The standard InChI is InChI=1S/C20H18N6O2.CH2O2/c1-13(2)26-12-17(23-25-26)21-19(27)15-10-6-7-11-16(15)20-22-18(24-28-20)14-8-4-3-5-9-14;2-1-3/h3-13H,1-2H3,(H,21,27);1H,(H,2,3). The molecule has 0 unspecified atom stereocenters. The highest BCUT2D eigenvalue weighted by atomic mass is 16.5. The first-order chi connectivity index (χ1) is 15.0. The van der Waals surface area contributed by atoms with Crippen molar-refractivity contribution in [1.82, 2.24) is 25.1 Å². The van der Waals surface area contributed by atoms with Crippen LogP contribution in [0.3, 0.4) is 0 Å². The molecule has 4 aromatic rings. The number of rotatable bonds is 5. The number of aromatic nitrogens is 5. The second-order valence-corrected chi connectivity index (χ2v) is 6.57. The fourth-order valence-electron chi connectivity index (χ4n) is 2.67. The minimum atomic E-state index is -0.328. The van der Waals surface area contributed by atoms with Crippen LogP contribution >= 0.6 is 0 Å². The Balaban J connectivity index is 0.000000858. The van der Waals surface area contributed by atoms with E-state index in [1.54, 1.807) is 29.1 Å². The Labute approximate surface area is 177 Å². The molecule has 4 rings (SSSR count). The first kappa shape index (κ1) is 21.4. The van der Waals surface area contributed by atoms with Gasteiger partial charge in [0, 0.05) is 11.6 Å². The third kappa shape index (κ3) is 5.18. The third-order valence-corrected chi connectivity index (χ3v) is 4.14. The minimum absolute atomic E-state index is 0.153. The number of carboxylic acid groups (broad SMARTS) is 1. The number of benzene rings is 2. The average molecular weight is 420 g/mol. The Morgan fingerprint density at radius 3 is 2.48 bits per heavy atom. The maximum Gasteiger partial charge on any atom is 0.290 e. The van der Waals surface area contributed by atoms with Gasteiger partial charge in [-0.05, 0) is 26.0 Å². The molecule has 2 aromatic heterocycles. The molecular formula is C21H20N6O4. The van der Waals surface area contributed by atoms with E-state index in [1.165, 1.54) is 0 Å². The zero-order valence-electron chi connectivity index (χ0n) is 16.8. The number of nitrogens with zero attached hydrogens (tertiary/aromatic N) is 5. The fraction of sp³-hybridized carbons (Fsp3) is 0.143. The van der Waals surface area contributed by atoms with E-state index in [9.17, 15) is 4.79 Å². The fourth-order valence-corrected chi connectivity index (χ4v) is 2.67. The van der Waals surface area contributed by atoms with Crippen LogP contribution in [0.2, 0.25) is 0 Å². The minimum Gasteiger partial charge on any atom is -0.483 e. The molecule has 0 aliphatic rings. The molecule has 0 bridgehead atoms. The Bertz CT molecular complexity index is 1150. The SMILES string of the molecule is CC(C)n1cc(NC(=O)c2ccccc2-c2nc(-c3ccccc3)no2)nn1.O=CO. The number of anilines is 1. The Morgan fingerprint density at radius 2 is 1.81 bits per heavy atom. The highest BCUT2D eigenvalue weighted by Gasteiger charge is 2.19. The van der Waals surface area contributed by atoms with Gasteiger partial charge in [0.15, 0.2) is 5.82 Å². The van der Waals surface area contributed by atoms with Crippen LogP contribution in [-0.4, -0.2) is 42.6 Å². The average Bonchev–Trinajstić information content (AvgIpc) is 3.45. The van der Waals surface area contributed by atoms with Crippen LogP contribution in [0.4, 0.5) is 5.82 Å². The lowest BCUT2D eigenvalue weighted by Gasteiger charge is -2.05. The van der Waals surface area contributed by atoms with E-state index < -0.39 is 0 Å². The van der Waals surface area contributed by atoms with Crippen LogP contribution in [0.25, 0.3) is 22.8 Å². The molecule has 1 amide bonds. The Hall–Kier alpha value is -4.34. The van der Waals surface area contributed by atoms with Crippen molar-refractivity contribution in [2.75, 3.05) is 5.32 Å². The van der Waals surface area contributed by atoms with Gasteiger partial charge in [0.1, 0.15) is 0 Å². The van der Waals surface area contributed by atoms with Crippen LogP contribution in [0, 0.1) is 0 Å². The molecule has 0 saturated heterocycles. The van der Waals surface area contributed by atoms with Crippen LogP contribution in [0.5, 0.6) is 0 Å². The molecule has 0 aliphatic heterocycles. The Kier molecular flexibility index (Phi) is 6.84. The number of hydrogen-bond donors (Lipinski definition) is 2. The van der Waals surface area contributed by atoms with E-state index in [1.807, 2.05) is 50.2 Å². The molecule has 0 aliphatic carbocycles. The quantitative estimate of drug-likeness (QED) is 0.468. The van der Waals surface area contributed by atoms with Crippen LogP contribution in [0.15, 0.2) is 65.3 Å². The number of carbonyl (C=O) groups is 2. The van der Waals surface area contributed by atoms with Gasteiger partial charge in [0.25, 0.3) is 18.3 Å². The zero-order chi connectivity index (χ0) is 22.2. The second-order valence-electron chi connectivity index (χ2n) is 6.57. The predicted molar refractivity (Wildman–Crippen MR) is 112 cm³/mol. The van der Waals surface area contributed by atoms with E-state index >= 15 is 0 Å². The van der Waals surface area contributed by atoms with Crippen molar-refractivity contribution in [2.24, 2.45) is 0 Å². The molecule has 2 N–H and O–H groups in total. The Morgan fingerprint density at radius 1 is 1.13 bits per heavy atom. The van der Waals surface area contributed by atoms with Crippen molar-refractivity contribution >= 4 is 18.2 Å². The van der Waals surface area contributed by atoms with Crippen molar-refractivity contribution in [3.8, 4) is 22.8 Å². The van der Waals surface area contributed by atoms with E-state index in [0.29, 0.717) is 22.8 Å². The van der Waals surface area contributed by atoms with E-state index in [-0.39, 0.29) is 24.3 Å². The van der Waals surface area contributed by atoms with Gasteiger partial charge in [-0.15, -0.1) is 5.10 Å². The van der Waals surface area contributed by atoms with Gasteiger partial charge >= 0.3 is 0 Å². The molecule has 0 saturated carbocycles. The number of carbonyl (C=O) groups excluding carboxylic acids is 1. The highest BCUT2D eigenvalue weighted by Crippen LogP contribution is 2.25. The lowest BCUT2D eigenvalue weighted by Crippen LogP contribution is -2.13. The summed E-state index contributed by atoms with van der Waals surface area (Å²) in [5.41, 5.74) is 1.79. The molecule has 0 fully saturated rings. The van der Waals surface area contributed by atoms with Crippen LogP contribution in [0.1, 0.15) is 30.2 Å². The molecule has 2 heterocycles. The van der Waals surface area contributed by atoms with Gasteiger partial charge in [-0.25, -0.2) is 4.68 Å². The van der Waals surface area contributed by atoms with Gasteiger partial charge in [0.05, 0.1) is 17.3 Å². The number of nitrogens with one attached hydrogen (secondary N) is 1. The molecule has 158 valence electrons. The maximum absolute atomic E-state index is 12.8. The first-order valence-electron chi connectivity index (χ1n) is 9.33. The van der Waals surface area contributed by atoms with Gasteiger partial charge < -0.3 is 14.9 Å². The van der Waals surface area contributed by atoms with E-state index in [4.69, 9.17) is 14.4 Å². The van der Waals surface area contributed by atoms with E-state index in [0.717, 1.165) is 5.56 Å². The van der Waals surface area contributed by atoms with Crippen molar-refractivity contribution in [1.29, 1.82) is 0 Å². The van der Waals surface area contributed by atoms with Gasteiger partial charge in [-0.1, -0.05) is 52.8 Å². The molecule has 0 atom stereocenters. The van der Waals surface area contributed by atoms with E-state index in [2.05, 4.69) is 25.8 Å². The normalized spacial score (nSPS) is 10.3. The summed E-state index contributed by atoms with van der Waals surface area (Å²) in [6, 6.07) is 16.7. The molecule has 2 aromatic carbocycles. The summed E-state index contributed by atoms with van der Waals surface area (Å²) in [6.45, 7) is 3.71. The largest absolute Gasteiger partial charge is 0.483 e. The van der Waals surface area contributed by atoms with Crippen LogP contribution < -0.4 is 5.32 Å². The number of hydrogen-bond acceptors (Lipinski definition) is 7. The van der Waals surface area contributed by atoms with Gasteiger partial charge in [0.2, 0.25) is 5.82 Å². The number of amides is 1. The summed E-state index contributed by atoms with van der Waals surface area (Å²) in [4.78, 5) is 25.6. The maximum atomic E-state index is 12.8. The third-order valence-electron chi connectivity index (χ3n) is 4.14. The monoisotopic (exact) mass is 420 g/mol. The molecule has 0 spiro atoms. The van der Waals surface area contributed by atoms with Crippen molar-refractivity contribution in [3.05, 3.63) is 66.4 Å². The van der Waals surface area contributed by atoms with Crippen molar-refractivity contribution in [2.45, 2.75) is 19.9 Å². The highest BCUT2D eigenvalue weighted by molar-refractivity contribution is 6.07. The first-order valence-corrected chi connectivity index (χ1v) is 9.33. The molecule has 10 nitrogen and oxygen atoms in total. The summed E-state index contributed by atoms with van der Waals surface area (Å²) in [5, 5.41) is 21.6. The zero-order valence-corrected chi connectivity index (χ0v) is 16.8. The molecule has 31 heavy (non-hydrogen) atoms. The second kappa shape index (κ2) is 9.92. The van der Waals surface area contributed by atoms with Gasteiger partial charge in [-0.3, -0.25) is 9.59 Å². The predicted octanol–water partition coefficient (Wildman–Crippen LogP) is 3.53. The summed E-state index contributed by atoms with van der Waals surface area (Å²) >= 11 is 0. The lowest BCUT2D eigenvalue weighted by molar-refractivity contribution is -0.122. The van der Waals surface area contributed by atoms with Gasteiger partial charge in [-0.2, -0.15) is 4.98 Å². The lowest BCUT2D eigenvalue weighted by atomic mass is 10.1. The molecular weight excluding hydrogens is 400 g/mol. The van der Waals surface area contributed by atoms with Crippen molar-refractivity contribution in [3.63, 3.8) is 0 Å². The topological polar surface area (TPSA) is 136 Å². The molecule has 10 heteroatoms. The molecule has 0 radical (unpaired) electrons. The summed E-state index contributed by atoms with van der Waals surface area (Å²) in [5.74, 6) is 0.788. The van der Waals surface area contributed by atoms with Crippen molar-refractivity contribution < 1.29 is 19.2 Å². The smallest absolute Gasteiger partial charge is 0.290 e. The summed E-state index contributed by atoms with van der Waals surface area (Å²) < 4.78 is 7.08.